The number of halogens is 2. The predicted octanol–water partition coefficient (Wildman–Crippen LogP) is 4.67. The molecule has 26 heavy (non-hydrogen) atoms. The zero-order chi connectivity index (χ0) is 18.8. The van der Waals surface area contributed by atoms with Gasteiger partial charge in [0.2, 0.25) is 5.91 Å². The van der Waals surface area contributed by atoms with Crippen LogP contribution in [0.2, 0.25) is 10.0 Å². The van der Waals surface area contributed by atoms with Crippen LogP contribution in [-0.2, 0) is 11.3 Å². The molecule has 1 aliphatic rings. The number of rotatable bonds is 7. The monoisotopic (exact) mass is 412 g/mol. The first-order chi connectivity index (χ1) is 12.3. The Morgan fingerprint density at radius 2 is 2.04 bits per heavy atom. The van der Waals surface area contributed by atoms with Gasteiger partial charge in [-0.15, -0.1) is 10.2 Å². The molecular weight excluding hydrogens is 391 g/mol. The zero-order valence-corrected chi connectivity index (χ0v) is 17.3. The van der Waals surface area contributed by atoms with E-state index in [1.165, 1.54) is 11.8 Å². The Hall–Kier alpha value is -1.24. The van der Waals surface area contributed by atoms with Crippen molar-refractivity contribution in [1.29, 1.82) is 0 Å². The number of carbonyl (C=O) groups excluding carboxylic acids is 1. The molecule has 1 amide bonds. The van der Waals surface area contributed by atoms with E-state index in [1.54, 1.807) is 12.1 Å². The van der Waals surface area contributed by atoms with Crippen molar-refractivity contribution in [2.75, 3.05) is 0 Å². The molecule has 0 radical (unpaired) electrons. The average molecular weight is 413 g/mol. The summed E-state index contributed by atoms with van der Waals surface area (Å²) in [6.07, 6.45) is 2.15. The van der Waals surface area contributed by atoms with Crippen LogP contribution in [0.25, 0.3) is 11.4 Å². The van der Waals surface area contributed by atoms with Crippen LogP contribution in [0.15, 0.2) is 23.4 Å². The fraction of sp³-hybridized carbons (Fsp3) is 0.500. The summed E-state index contributed by atoms with van der Waals surface area (Å²) in [5, 5.41) is 13.3. The quantitative estimate of drug-likeness (QED) is 0.671. The molecule has 1 saturated carbocycles. The number of carbonyl (C=O) groups is 1. The van der Waals surface area contributed by atoms with Gasteiger partial charge in [-0.2, -0.15) is 0 Å². The lowest BCUT2D eigenvalue weighted by Gasteiger charge is -2.15. The standard InChI is InChI=1S/C18H22Cl2N4OS/c1-10(2)9-24-16(14-7-4-12(19)8-15(14)20)22-23-18(24)26-11(3)17(25)21-13-5-6-13/h4,7-8,10-11,13H,5-6,9H2,1-3H3,(H,21,25)/t11-/m0/s1. The van der Waals surface area contributed by atoms with E-state index >= 15 is 0 Å². The average Bonchev–Trinajstić information content (AvgIpc) is 3.30. The Labute approximate surface area is 167 Å². The fourth-order valence-corrected chi connectivity index (χ4v) is 3.89. The van der Waals surface area contributed by atoms with Gasteiger partial charge in [-0.3, -0.25) is 4.79 Å². The molecule has 0 spiro atoms. The van der Waals surface area contributed by atoms with Crippen LogP contribution in [0.3, 0.4) is 0 Å². The first-order valence-electron chi connectivity index (χ1n) is 8.70. The minimum atomic E-state index is -0.237. The van der Waals surface area contributed by atoms with Crippen LogP contribution in [0, 0.1) is 5.92 Å². The SMILES string of the molecule is CC(C)Cn1c(S[C@@H](C)C(=O)NC2CC2)nnc1-c1ccc(Cl)cc1Cl. The lowest BCUT2D eigenvalue weighted by atomic mass is 10.2. The number of amides is 1. The van der Waals surface area contributed by atoms with Gasteiger partial charge in [0.05, 0.1) is 10.3 Å². The molecule has 1 aromatic heterocycles. The molecule has 1 fully saturated rings. The van der Waals surface area contributed by atoms with E-state index in [9.17, 15) is 4.79 Å². The van der Waals surface area contributed by atoms with Gasteiger partial charge in [-0.1, -0.05) is 48.8 Å². The molecule has 0 unspecified atom stereocenters. The number of aromatic nitrogens is 3. The second kappa shape index (κ2) is 8.19. The predicted molar refractivity (Wildman–Crippen MR) is 107 cm³/mol. The van der Waals surface area contributed by atoms with Crippen molar-refractivity contribution in [1.82, 2.24) is 20.1 Å². The summed E-state index contributed by atoms with van der Waals surface area (Å²) in [6, 6.07) is 5.69. The van der Waals surface area contributed by atoms with E-state index < -0.39 is 0 Å². The van der Waals surface area contributed by atoms with Crippen LogP contribution in [0.5, 0.6) is 0 Å². The molecule has 0 saturated heterocycles. The molecule has 1 N–H and O–H groups in total. The zero-order valence-electron chi connectivity index (χ0n) is 15.0. The highest BCUT2D eigenvalue weighted by Gasteiger charge is 2.27. The molecule has 1 aliphatic carbocycles. The minimum absolute atomic E-state index is 0.0441. The maximum Gasteiger partial charge on any atom is 0.233 e. The molecule has 0 aliphatic heterocycles. The Morgan fingerprint density at radius 1 is 1.31 bits per heavy atom. The number of nitrogens with one attached hydrogen (secondary N) is 1. The maximum atomic E-state index is 12.3. The summed E-state index contributed by atoms with van der Waals surface area (Å²) in [5.74, 6) is 1.13. The summed E-state index contributed by atoms with van der Waals surface area (Å²) in [5.41, 5.74) is 0.783. The number of hydrogen-bond acceptors (Lipinski definition) is 4. The van der Waals surface area contributed by atoms with Gasteiger partial charge in [0.15, 0.2) is 11.0 Å². The first kappa shape index (κ1) is 19.5. The molecule has 2 aromatic rings. The molecule has 1 aromatic carbocycles. The second-order valence-electron chi connectivity index (χ2n) is 6.98. The number of hydrogen-bond donors (Lipinski definition) is 1. The van der Waals surface area contributed by atoms with Crippen LogP contribution >= 0.6 is 35.0 Å². The Kier molecular flexibility index (Phi) is 6.15. The maximum absolute atomic E-state index is 12.3. The third-order valence-corrected chi connectivity index (χ3v) is 5.64. The van der Waals surface area contributed by atoms with Crippen molar-refractivity contribution in [3.05, 3.63) is 28.2 Å². The number of thioether (sulfide) groups is 1. The van der Waals surface area contributed by atoms with Gasteiger partial charge in [-0.05, 0) is 43.9 Å². The summed E-state index contributed by atoms with van der Waals surface area (Å²) in [4.78, 5) is 12.3. The van der Waals surface area contributed by atoms with Gasteiger partial charge in [0.1, 0.15) is 0 Å². The van der Waals surface area contributed by atoms with E-state index in [0.29, 0.717) is 27.8 Å². The lowest BCUT2D eigenvalue weighted by Crippen LogP contribution is -2.32. The van der Waals surface area contributed by atoms with Gasteiger partial charge in [-0.25, -0.2) is 0 Å². The van der Waals surface area contributed by atoms with Crippen molar-refractivity contribution in [2.24, 2.45) is 5.92 Å². The van der Waals surface area contributed by atoms with Crippen LogP contribution in [0.1, 0.15) is 33.6 Å². The third kappa shape index (κ3) is 4.72. The summed E-state index contributed by atoms with van der Waals surface area (Å²) in [7, 11) is 0. The van der Waals surface area contributed by atoms with Crippen molar-refractivity contribution < 1.29 is 4.79 Å². The van der Waals surface area contributed by atoms with Gasteiger partial charge in [0, 0.05) is 23.2 Å². The molecular formula is C18H22Cl2N4OS. The van der Waals surface area contributed by atoms with Crippen molar-refractivity contribution in [3.63, 3.8) is 0 Å². The largest absolute Gasteiger partial charge is 0.352 e. The van der Waals surface area contributed by atoms with E-state index in [4.69, 9.17) is 23.2 Å². The van der Waals surface area contributed by atoms with Crippen molar-refractivity contribution in [3.8, 4) is 11.4 Å². The topological polar surface area (TPSA) is 59.8 Å². The van der Waals surface area contributed by atoms with Crippen molar-refractivity contribution in [2.45, 2.75) is 56.6 Å². The Balaban J connectivity index is 1.87. The summed E-state index contributed by atoms with van der Waals surface area (Å²) in [6.45, 7) is 6.89. The van der Waals surface area contributed by atoms with E-state index in [-0.39, 0.29) is 11.2 Å². The highest BCUT2D eigenvalue weighted by molar-refractivity contribution is 8.00. The summed E-state index contributed by atoms with van der Waals surface area (Å²) >= 11 is 13.8. The molecule has 5 nitrogen and oxygen atoms in total. The second-order valence-corrected chi connectivity index (χ2v) is 9.13. The van der Waals surface area contributed by atoms with E-state index in [1.807, 2.05) is 17.6 Å². The van der Waals surface area contributed by atoms with E-state index in [0.717, 1.165) is 30.1 Å². The van der Waals surface area contributed by atoms with Crippen LogP contribution < -0.4 is 5.32 Å². The summed E-state index contributed by atoms with van der Waals surface area (Å²) < 4.78 is 2.03. The fourth-order valence-electron chi connectivity index (χ4n) is 2.53. The van der Waals surface area contributed by atoms with Crippen molar-refractivity contribution >= 4 is 40.9 Å². The molecule has 1 heterocycles. The van der Waals surface area contributed by atoms with Crippen LogP contribution in [0.4, 0.5) is 0 Å². The van der Waals surface area contributed by atoms with E-state index in [2.05, 4.69) is 29.4 Å². The smallest absolute Gasteiger partial charge is 0.233 e. The first-order valence-corrected chi connectivity index (χ1v) is 10.3. The molecule has 1 atom stereocenters. The lowest BCUT2D eigenvalue weighted by molar-refractivity contribution is -0.120. The third-order valence-electron chi connectivity index (χ3n) is 4.01. The number of nitrogens with zero attached hydrogens (tertiary/aromatic N) is 3. The number of benzene rings is 1. The molecule has 8 heteroatoms. The highest BCUT2D eigenvalue weighted by atomic mass is 35.5. The Morgan fingerprint density at radius 3 is 2.65 bits per heavy atom. The highest BCUT2D eigenvalue weighted by Crippen LogP contribution is 2.33. The molecule has 140 valence electrons. The minimum Gasteiger partial charge on any atom is -0.352 e. The van der Waals surface area contributed by atoms with Gasteiger partial charge >= 0.3 is 0 Å². The molecule has 3 rings (SSSR count). The van der Waals surface area contributed by atoms with Gasteiger partial charge < -0.3 is 9.88 Å². The molecule has 0 bridgehead atoms. The Bertz CT molecular complexity index is 804. The normalized spacial score (nSPS) is 15.3. The van der Waals surface area contributed by atoms with Gasteiger partial charge in [0.25, 0.3) is 0 Å². The van der Waals surface area contributed by atoms with Crippen LogP contribution in [-0.4, -0.2) is 32.0 Å².